The molecule has 0 aliphatic carbocycles. The van der Waals surface area contributed by atoms with Crippen molar-refractivity contribution >= 4 is 38.1 Å². The van der Waals surface area contributed by atoms with Crippen LogP contribution in [0.3, 0.4) is 0 Å². The highest BCUT2D eigenvalue weighted by Crippen LogP contribution is 2.23. The van der Waals surface area contributed by atoms with Crippen molar-refractivity contribution in [2.45, 2.75) is 4.90 Å². The standard InChI is InChI=1S/C21H25BrN4O5S/c1-30-18-6-3-16(20(13-18)31-2)14-23-24-21(27)15-25-9-11-26(12-10-25)32(28,29)19-7-4-17(22)5-8-19/h3-8,13-14H,9-12,15H2,1-2H3,(H,24,27)/b23-14-. The maximum Gasteiger partial charge on any atom is 0.254 e. The average Bonchev–Trinajstić information content (AvgIpc) is 2.80. The fourth-order valence-corrected chi connectivity index (χ4v) is 4.91. The van der Waals surface area contributed by atoms with Crippen LogP contribution in [0.25, 0.3) is 0 Å². The van der Waals surface area contributed by atoms with Crippen molar-refractivity contribution in [2.24, 2.45) is 5.10 Å². The fraction of sp³-hybridized carbons (Fsp3) is 0.333. The van der Waals surface area contributed by atoms with Crippen LogP contribution >= 0.6 is 15.9 Å². The number of nitrogens with zero attached hydrogens (tertiary/aromatic N) is 3. The summed E-state index contributed by atoms with van der Waals surface area (Å²) in [6.07, 6.45) is 1.50. The Morgan fingerprint density at radius 3 is 2.41 bits per heavy atom. The van der Waals surface area contributed by atoms with Crippen LogP contribution in [0.2, 0.25) is 0 Å². The summed E-state index contributed by atoms with van der Waals surface area (Å²) in [4.78, 5) is 14.4. The highest BCUT2D eigenvalue weighted by atomic mass is 79.9. The van der Waals surface area contributed by atoms with Crippen molar-refractivity contribution < 1.29 is 22.7 Å². The predicted molar refractivity (Wildman–Crippen MR) is 125 cm³/mol. The van der Waals surface area contributed by atoms with E-state index in [0.29, 0.717) is 43.2 Å². The average molecular weight is 525 g/mol. The number of ether oxygens (including phenoxy) is 2. The lowest BCUT2D eigenvalue weighted by Crippen LogP contribution is -2.50. The van der Waals surface area contributed by atoms with Gasteiger partial charge in [-0.2, -0.15) is 9.41 Å². The zero-order chi connectivity index (χ0) is 23.1. The third-order valence-electron chi connectivity index (χ3n) is 4.98. The van der Waals surface area contributed by atoms with Gasteiger partial charge in [-0.05, 0) is 36.4 Å². The van der Waals surface area contributed by atoms with Gasteiger partial charge in [0.05, 0.1) is 31.9 Å². The van der Waals surface area contributed by atoms with Gasteiger partial charge < -0.3 is 9.47 Å². The molecule has 3 rings (SSSR count). The quantitative estimate of drug-likeness (QED) is 0.418. The van der Waals surface area contributed by atoms with Crippen LogP contribution in [0.15, 0.2) is 56.9 Å². The number of amides is 1. The van der Waals surface area contributed by atoms with E-state index in [1.165, 1.54) is 10.5 Å². The fourth-order valence-electron chi connectivity index (χ4n) is 3.22. The van der Waals surface area contributed by atoms with Crippen LogP contribution in [-0.2, 0) is 14.8 Å². The highest BCUT2D eigenvalue weighted by molar-refractivity contribution is 9.10. The number of carbonyl (C=O) groups is 1. The lowest BCUT2D eigenvalue weighted by atomic mass is 10.2. The van der Waals surface area contributed by atoms with Crippen molar-refractivity contribution in [1.82, 2.24) is 14.6 Å². The first-order chi connectivity index (χ1) is 15.3. The molecule has 1 aliphatic heterocycles. The van der Waals surface area contributed by atoms with Crippen molar-refractivity contribution in [3.05, 3.63) is 52.5 Å². The van der Waals surface area contributed by atoms with Gasteiger partial charge in [0.15, 0.2) is 0 Å². The zero-order valence-electron chi connectivity index (χ0n) is 17.8. The molecule has 0 aromatic heterocycles. The monoisotopic (exact) mass is 524 g/mol. The molecule has 1 heterocycles. The number of methoxy groups -OCH3 is 2. The molecule has 1 amide bonds. The van der Waals surface area contributed by atoms with E-state index in [9.17, 15) is 13.2 Å². The Morgan fingerprint density at radius 2 is 1.78 bits per heavy atom. The zero-order valence-corrected chi connectivity index (χ0v) is 20.2. The van der Waals surface area contributed by atoms with Crippen LogP contribution < -0.4 is 14.9 Å². The molecule has 0 bridgehead atoms. The molecule has 0 radical (unpaired) electrons. The van der Waals surface area contributed by atoms with Gasteiger partial charge in [-0.15, -0.1) is 0 Å². The number of benzene rings is 2. The second kappa shape index (κ2) is 10.9. The second-order valence-corrected chi connectivity index (χ2v) is 9.89. The van der Waals surface area contributed by atoms with Gasteiger partial charge in [-0.1, -0.05) is 15.9 Å². The summed E-state index contributed by atoms with van der Waals surface area (Å²) >= 11 is 3.31. The van der Waals surface area contributed by atoms with Gasteiger partial charge in [0, 0.05) is 42.3 Å². The van der Waals surface area contributed by atoms with Crippen LogP contribution in [0, 0.1) is 0 Å². The molecule has 9 nitrogen and oxygen atoms in total. The minimum Gasteiger partial charge on any atom is -0.497 e. The van der Waals surface area contributed by atoms with Gasteiger partial charge in [0.1, 0.15) is 11.5 Å². The molecular formula is C21H25BrN4O5S. The van der Waals surface area contributed by atoms with E-state index in [-0.39, 0.29) is 17.3 Å². The van der Waals surface area contributed by atoms with Gasteiger partial charge >= 0.3 is 0 Å². The SMILES string of the molecule is COc1ccc(/C=N\NC(=O)CN2CCN(S(=O)(=O)c3ccc(Br)cc3)CC2)c(OC)c1. The third-order valence-corrected chi connectivity index (χ3v) is 7.42. The number of nitrogens with one attached hydrogen (secondary N) is 1. The first kappa shape index (κ1) is 24.2. The van der Waals surface area contributed by atoms with Gasteiger partial charge in [-0.3, -0.25) is 9.69 Å². The number of sulfonamides is 1. The van der Waals surface area contributed by atoms with E-state index in [1.807, 2.05) is 4.90 Å². The Bertz CT molecular complexity index is 1070. The summed E-state index contributed by atoms with van der Waals surface area (Å²) in [5.41, 5.74) is 3.19. The molecule has 11 heteroatoms. The summed E-state index contributed by atoms with van der Waals surface area (Å²) < 4.78 is 38.3. The summed E-state index contributed by atoms with van der Waals surface area (Å²) in [7, 11) is -0.435. The number of hydrazone groups is 1. The molecule has 1 N–H and O–H groups in total. The largest absolute Gasteiger partial charge is 0.497 e. The van der Waals surface area contributed by atoms with Gasteiger partial charge in [0.25, 0.3) is 5.91 Å². The van der Waals surface area contributed by atoms with Crippen molar-refractivity contribution in [2.75, 3.05) is 46.9 Å². The molecule has 0 saturated carbocycles. The second-order valence-electron chi connectivity index (χ2n) is 7.04. The van der Waals surface area contributed by atoms with Crippen LogP contribution in [0.1, 0.15) is 5.56 Å². The molecule has 2 aromatic rings. The van der Waals surface area contributed by atoms with Gasteiger partial charge in [-0.25, -0.2) is 13.8 Å². The van der Waals surface area contributed by atoms with Crippen LogP contribution in [0.4, 0.5) is 0 Å². The topological polar surface area (TPSA) is 101 Å². The van der Waals surface area contributed by atoms with E-state index in [0.717, 1.165) is 4.47 Å². The van der Waals surface area contributed by atoms with Crippen molar-refractivity contribution in [1.29, 1.82) is 0 Å². The molecule has 1 saturated heterocycles. The van der Waals surface area contributed by atoms with Crippen LogP contribution in [0.5, 0.6) is 11.5 Å². The number of rotatable bonds is 8. The first-order valence-corrected chi connectivity index (χ1v) is 12.1. The van der Waals surface area contributed by atoms with E-state index in [2.05, 4.69) is 26.5 Å². The maximum atomic E-state index is 12.8. The molecule has 0 unspecified atom stereocenters. The number of hydrogen-bond acceptors (Lipinski definition) is 7. The first-order valence-electron chi connectivity index (χ1n) is 9.85. The number of halogens is 1. The van der Waals surface area contributed by atoms with E-state index >= 15 is 0 Å². The maximum absolute atomic E-state index is 12.8. The number of piperazine rings is 1. The van der Waals surface area contributed by atoms with E-state index < -0.39 is 10.0 Å². The Kier molecular flexibility index (Phi) is 8.24. The Labute approximate surface area is 196 Å². The summed E-state index contributed by atoms with van der Waals surface area (Å²) in [6.45, 7) is 1.68. The summed E-state index contributed by atoms with van der Waals surface area (Å²) in [6, 6.07) is 11.8. The van der Waals surface area contributed by atoms with Crippen molar-refractivity contribution in [3.8, 4) is 11.5 Å². The predicted octanol–water partition coefficient (Wildman–Crippen LogP) is 1.92. The Hall–Kier alpha value is -2.47. The molecule has 1 aliphatic rings. The smallest absolute Gasteiger partial charge is 0.254 e. The lowest BCUT2D eigenvalue weighted by Gasteiger charge is -2.33. The molecule has 32 heavy (non-hydrogen) atoms. The molecule has 1 fully saturated rings. The molecule has 172 valence electrons. The normalized spacial score (nSPS) is 15.6. The molecule has 2 aromatic carbocycles. The van der Waals surface area contributed by atoms with Crippen LogP contribution in [-0.4, -0.2) is 76.7 Å². The Morgan fingerprint density at radius 1 is 1.09 bits per heavy atom. The minimum atomic E-state index is -3.55. The minimum absolute atomic E-state index is 0.128. The molecule has 0 spiro atoms. The lowest BCUT2D eigenvalue weighted by molar-refractivity contribution is -0.122. The van der Waals surface area contributed by atoms with E-state index in [1.54, 1.807) is 56.7 Å². The van der Waals surface area contributed by atoms with E-state index in [4.69, 9.17) is 9.47 Å². The highest BCUT2D eigenvalue weighted by Gasteiger charge is 2.28. The van der Waals surface area contributed by atoms with Crippen molar-refractivity contribution in [3.63, 3.8) is 0 Å². The third kappa shape index (κ3) is 6.06. The molecular weight excluding hydrogens is 500 g/mol. The van der Waals surface area contributed by atoms with Gasteiger partial charge in [0.2, 0.25) is 10.0 Å². The Balaban J connectivity index is 1.49. The number of carbonyl (C=O) groups excluding carboxylic acids is 1. The number of hydrogen-bond donors (Lipinski definition) is 1. The summed E-state index contributed by atoms with van der Waals surface area (Å²) in [5, 5.41) is 3.99. The summed E-state index contributed by atoms with van der Waals surface area (Å²) in [5.74, 6) is 0.952. The molecule has 0 atom stereocenters.